The van der Waals surface area contributed by atoms with E-state index in [4.69, 9.17) is 5.73 Å². The molecular formula is C13H17BrN2OS. The molecule has 18 heavy (non-hydrogen) atoms. The van der Waals surface area contributed by atoms with Gasteiger partial charge in [0.2, 0.25) is 5.91 Å². The molecule has 0 spiro atoms. The number of carbonyl (C=O) groups excluding carboxylic acids is 1. The lowest BCUT2D eigenvalue weighted by molar-refractivity contribution is -0.122. The standard InChI is InChI=1S/C13H17BrN2OS/c1-9-13(12(15)17,7-2-8-18-9)16-11-5-3-10(14)4-6-11/h3-6,9,16H,2,7-8H2,1H3,(H2,15,17). The third-order valence-electron chi connectivity index (χ3n) is 3.43. The summed E-state index contributed by atoms with van der Waals surface area (Å²) in [7, 11) is 0. The third-order valence-corrected chi connectivity index (χ3v) is 5.38. The molecule has 0 bridgehead atoms. The SMILES string of the molecule is CC1SCCCC1(Nc1ccc(Br)cc1)C(N)=O. The Morgan fingerprint density at radius 1 is 1.50 bits per heavy atom. The summed E-state index contributed by atoms with van der Waals surface area (Å²) in [5.74, 6) is 0.836. The molecule has 1 heterocycles. The van der Waals surface area contributed by atoms with Crippen LogP contribution in [-0.4, -0.2) is 22.4 Å². The number of nitrogens with one attached hydrogen (secondary N) is 1. The van der Waals surface area contributed by atoms with Crippen LogP contribution < -0.4 is 11.1 Å². The molecule has 2 atom stereocenters. The van der Waals surface area contributed by atoms with E-state index in [1.807, 2.05) is 24.3 Å². The summed E-state index contributed by atoms with van der Waals surface area (Å²) in [6.07, 6.45) is 1.81. The highest BCUT2D eigenvalue weighted by Gasteiger charge is 2.44. The van der Waals surface area contributed by atoms with E-state index in [-0.39, 0.29) is 11.2 Å². The fourth-order valence-electron chi connectivity index (χ4n) is 2.30. The van der Waals surface area contributed by atoms with Crippen molar-refractivity contribution in [2.75, 3.05) is 11.1 Å². The molecule has 1 fully saturated rings. The number of benzene rings is 1. The van der Waals surface area contributed by atoms with Crippen LogP contribution >= 0.6 is 27.7 Å². The summed E-state index contributed by atoms with van der Waals surface area (Å²) < 4.78 is 1.02. The summed E-state index contributed by atoms with van der Waals surface area (Å²) in [6.45, 7) is 2.07. The summed E-state index contributed by atoms with van der Waals surface area (Å²) >= 11 is 5.20. The molecule has 2 rings (SSSR count). The molecule has 1 saturated heterocycles. The van der Waals surface area contributed by atoms with Crippen LogP contribution in [0.3, 0.4) is 0 Å². The first-order valence-corrected chi connectivity index (χ1v) is 7.84. The zero-order valence-corrected chi connectivity index (χ0v) is 12.7. The van der Waals surface area contributed by atoms with Crippen LogP contribution in [0.15, 0.2) is 28.7 Å². The predicted octanol–water partition coefficient (Wildman–Crippen LogP) is 3.00. The molecule has 1 aromatic rings. The van der Waals surface area contributed by atoms with Gasteiger partial charge in [0.25, 0.3) is 0 Å². The number of primary amides is 1. The maximum absolute atomic E-state index is 11.9. The number of hydrogen-bond acceptors (Lipinski definition) is 3. The molecule has 5 heteroatoms. The largest absolute Gasteiger partial charge is 0.370 e. The molecule has 0 radical (unpaired) electrons. The van der Waals surface area contributed by atoms with Crippen LogP contribution in [-0.2, 0) is 4.79 Å². The van der Waals surface area contributed by atoms with Crippen molar-refractivity contribution in [3.8, 4) is 0 Å². The van der Waals surface area contributed by atoms with E-state index in [9.17, 15) is 4.79 Å². The zero-order valence-electron chi connectivity index (χ0n) is 10.3. The van der Waals surface area contributed by atoms with Gasteiger partial charge < -0.3 is 11.1 Å². The van der Waals surface area contributed by atoms with Crippen LogP contribution in [0.1, 0.15) is 19.8 Å². The van der Waals surface area contributed by atoms with Crippen molar-refractivity contribution in [1.29, 1.82) is 0 Å². The maximum Gasteiger partial charge on any atom is 0.244 e. The fraction of sp³-hybridized carbons (Fsp3) is 0.462. The van der Waals surface area contributed by atoms with Crippen molar-refractivity contribution < 1.29 is 4.79 Å². The van der Waals surface area contributed by atoms with Gasteiger partial charge in [-0.3, -0.25) is 4.79 Å². The Kier molecular flexibility index (Phi) is 4.22. The molecule has 2 unspecified atom stereocenters. The number of nitrogens with two attached hydrogens (primary N) is 1. The van der Waals surface area contributed by atoms with Gasteiger partial charge in [0.1, 0.15) is 5.54 Å². The molecule has 1 aliphatic heterocycles. The lowest BCUT2D eigenvalue weighted by Gasteiger charge is -2.40. The van der Waals surface area contributed by atoms with Crippen molar-refractivity contribution in [3.05, 3.63) is 28.7 Å². The number of thioether (sulfide) groups is 1. The Morgan fingerprint density at radius 2 is 2.17 bits per heavy atom. The van der Waals surface area contributed by atoms with Crippen molar-refractivity contribution in [1.82, 2.24) is 0 Å². The molecular weight excluding hydrogens is 312 g/mol. The second-order valence-corrected chi connectivity index (χ2v) is 6.95. The topological polar surface area (TPSA) is 55.1 Å². The number of rotatable bonds is 3. The summed E-state index contributed by atoms with van der Waals surface area (Å²) in [4.78, 5) is 11.9. The number of hydrogen-bond donors (Lipinski definition) is 2. The molecule has 1 amide bonds. The lowest BCUT2D eigenvalue weighted by Crippen LogP contribution is -2.58. The molecule has 0 saturated carbocycles. The molecule has 3 nitrogen and oxygen atoms in total. The fourth-order valence-corrected chi connectivity index (χ4v) is 3.80. The molecule has 0 aromatic heterocycles. The highest BCUT2D eigenvalue weighted by atomic mass is 79.9. The van der Waals surface area contributed by atoms with E-state index in [1.54, 1.807) is 11.8 Å². The molecule has 1 aromatic carbocycles. The van der Waals surface area contributed by atoms with Crippen LogP contribution in [0.4, 0.5) is 5.69 Å². The van der Waals surface area contributed by atoms with Crippen LogP contribution in [0.2, 0.25) is 0 Å². The minimum absolute atomic E-state index is 0.187. The Labute approximate surface area is 120 Å². The molecule has 3 N–H and O–H groups in total. The van der Waals surface area contributed by atoms with Gasteiger partial charge >= 0.3 is 0 Å². The first-order chi connectivity index (χ1) is 8.54. The first kappa shape index (κ1) is 13.7. The molecule has 1 aliphatic rings. The smallest absolute Gasteiger partial charge is 0.244 e. The molecule has 98 valence electrons. The van der Waals surface area contributed by atoms with Gasteiger partial charge in [0.15, 0.2) is 0 Å². The summed E-state index contributed by atoms with van der Waals surface area (Å²) in [5, 5.41) is 3.54. The maximum atomic E-state index is 11.9. The normalized spacial score (nSPS) is 27.8. The predicted molar refractivity (Wildman–Crippen MR) is 80.8 cm³/mol. The lowest BCUT2D eigenvalue weighted by atomic mass is 9.88. The van der Waals surface area contributed by atoms with Gasteiger partial charge in [-0.15, -0.1) is 0 Å². The first-order valence-electron chi connectivity index (χ1n) is 6.00. The number of carbonyl (C=O) groups is 1. The average molecular weight is 329 g/mol. The Bertz CT molecular complexity index is 437. The number of anilines is 1. The van der Waals surface area contributed by atoms with Gasteiger partial charge in [-0.05, 0) is 42.9 Å². The third kappa shape index (κ3) is 2.67. The van der Waals surface area contributed by atoms with E-state index in [2.05, 4.69) is 28.2 Å². The van der Waals surface area contributed by atoms with Crippen molar-refractivity contribution in [2.45, 2.75) is 30.6 Å². The number of amides is 1. The van der Waals surface area contributed by atoms with E-state index in [1.165, 1.54) is 0 Å². The number of halogens is 1. The Morgan fingerprint density at radius 3 is 2.72 bits per heavy atom. The second-order valence-electron chi connectivity index (χ2n) is 4.58. The van der Waals surface area contributed by atoms with Crippen LogP contribution in [0.5, 0.6) is 0 Å². The summed E-state index contributed by atoms with van der Waals surface area (Å²) in [5.41, 5.74) is 5.95. The van der Waals surface area contributed by atoms with E-state index in [0.29, 0.717) is 0 Å². The van der Waals surface area contributed by atoms with Crippen molar-refractivity contribution >= 4 is 39.3 Å². The van der Waals surface area contributed by atoms with Crippen molar-refractivity contribution in [2.24, 2.45) is 5.73 Å². The molecule has 0 aliphatic carbocycles. The highest BCUT2D eigenvalue weighted by molar-refractivity contribution is 9.10. The highest BCUT2D eigenvalue weighted by Crippen LogP contribution is 2.36. The quantitative estimate of drug-likeness (QED) is 0.896. The van der Waals surface area contributed by atoms with Gasteiger partial charge in [-0.1, -0.05) is 22.9 Å². The van der Waals surface area contributed by atoms with Gasteiger partial charge in [-0.2, -0.15) is 11.8 Å². The second kappa shape index (κ2) is 5.53. The van der Waals surface area contributed by atoms with Gasteiger partial charge in [0.05, 0.1) is 0 Å². The van der Waals surface area contributed by atoms with Crippen LogP contribution in [0, 0.1) is 0 Å². The van der Waals surface area contributed by atoms with Crippen molar-refractivity contribution in [3.63, 3.8) is 0 Å². The zero-order chi connectivity index (χ0) is 13.2. The summed E-state index contributed by atoms with van der Waals surface area (Å²) in [6, 6.07) is 7.83. The van der Waals surface area contributed by atoms with Crippen LogP contribution in [0.25, 0.3) is 0 Å². The minimum atomic E-state index is -0.628. The van der Waals surface area contributed by atoms with Gasteiger partial charge in [-0.25, -0.2) is 0 Å². The Hall–Kier alpha value is -0.680. The minimum Gasteiger partial charge on any atom is -0.370 e. The Balaban J connectivity index is 2.25. The van der Waals surface area contributed by atoms with E-state index in [0.717, 1.165) is 28.8 Å². The van der Waals surface area contributed by atoms with E-state index >= 15 is 0 Å². The van der Waals surface area contributed by atoms with Gasteiger partial charge in [0, 0.05) is 15.4 Å². The monoisotopic (exact) mass is 328 g/mol. The van der Waals surface area contributed by atoms with E-state index < -0.39 is 5.54 Å². The average Bonchev–Trinajstić information content (AvgIpc) is 2.35.